The summed E-state index contributed by atoms with van der Waals surface area (Å²) >= 11 is 1.39. The number of hydrogen-bond acceptors (Lipinski definition) is 6. The van der Waals surface area contributed by atoms with E-state index in [-0.39, 0.29) is 5.56 Å². The lowest BCUT2D eigenvalue weighted by atomic mass is 10.2. The van der Waals surface area contributed by atoms with Crippen molar-refractivity contribution in [2.75, 3.05) is 11.6 Å². The number of aromatic carboxylic acids is 1. The molecule has 0 spiro atoms. The van der Waals surface area contributed by atoms with Gasteiger partial charge in [-0.2, -0.15) is 4.98 Å². The van der Waals surface area contributed by atoms with E-state index >= 15 is 0 Å². The standard InChI is InChI=1S/C12H13N3O3S/c1-7-14-10(15-18-7)6-13-8-4-3-5-9(19-2)11(8)12(16)17/h3-5,13H,6H2,1-2H3,(H,16,17). The van der Waals surface area contributed by atoms with Crippen LogP contribution in [0.1, 0.15) is 22.1 Å². The number of hydrogen-bond donors (Lipinski definition) is 2. The molecule has 0 aliphatic heterocycles. The molecule has 2 N–H and O–H groups in total. The van der Waals surface area contributed by atoms with Gasteiger partial charge >= 0.3 is 5.97 Å². The lowest BCUT2D eigenvalue weighted by Crippen LogP contribution is -2.08. The molecule has 0 saturated carbocycles. The van der Waals surface area contributed by atoms with E-state index in [2.05, 4.69) is 15.5 Å². The molecule has 0 amide bonds. The molecule has 0 atom stereocenters. The highest BCUT2D eigenvalue weighted by molar-refractivity contribution is 7.98. The highest BCUT2D eigenvalue weighted by atomic mass is 32.2. The molecule has 1 aromatic carbocycles. The maximum absolute atomic E-state index is 11.3. The molecule has 0 aliphatic rings. The number of aryl methyl sites for hydroxylation is 1. The van der Waals surface area contributed by atoms with Crippen LogP contribution in [0.25, 0.3) is 0 Å². The van der Waals surface area contributed by atoms with Crippen LogP contribution in [-0.4, -0.2) is 27.5 Å². The summed E-state index contributed by atoms with van der Waals surface area (Å²) in [5.41, 5.74) is 0.803. The molecular weight excluding hydrogens is 266 g/mol. The Hall–Kier alpha value is -2.02. The highest BCUT2D eigenvalue weighted by Gasteiger charge is 2.15. The molecule has 2 aromatic rings. The molecule has 0 aliphatic carbocycles. The molecule has 7 heteroatoms. The summed E-state index contributed by atoms with van der Waals surface area (Å²) in [5, 5.41) is 16.0. The predicted molar refractivity (Wildman–Crippen MR) is 71.5 cm³/mol. The van der Waals surface area contributed by atoms with Crippen molar-refractivity contribution in [3.8, 4) is 0 Å². The number of nitrogens with zero attached hydrogens (tertiary/aromatic N) is 2. The Morgan fingerprint density at radius 3 is 2.89 bits per heavy atom. The Balaban J connectivity index is 2.22. The van der Waals surface area contributed by atoms with Gasteiger partial charge in [-0.15, -0.1) is 11.8 Å². The Morgan fingerprint density at radius 2 is 2.32 bits per heavy atom. The third-order valence-electron chi connectivity index (χ3n) is 2.47. The number of anilines is 1. The van der Waals surface area contributed by atoms with E-state index < -0.39 is 5.97 Å². The zero-order valence-corrected chi connectivity index (χ0v) is 11.3. The van der Waals surface area contributed by atoms with Crippen molar-refractivity contribution in [3.63, 3.8) is 0 Å². The molecule has 0 unspecified atom stereocenters. The van der Waals surface area contributed by atoms with Crippen molar-refractivity contribution in [3.05, 3.63) is 35.5 Å². The molecule has 0 fully saturated rings. The van der Waals surface area contributed by atoms with Gasteiger partial charge in [-0.25, -0.2) is 4.79 Å². The van der Waals surface area contributed by atoms with Gasteiger partial charge in [0.1, 0.15) is 0 Å². The van der Waals surface area contributed by atoms with Crippen LogP contribution in [0.2, 0.25) is 0 Å². The Kier molecular flexibility index (Phi) is 4.06. The third-order valence-corrected chi connectivity index (χ3v) is 3.25. The molecule has 2 rings (SSSR count). The van der Waals surface area contributed by atoms with Gasteiger partial charge in [0.15, 0.2) is 5.82 Å². The fourth-order valence-electron chi connectivity index (χ4n) is 1.66. The Labute approximate surface area is 114 Å². The minimum atomic E-state index is -0.961. The van der Waals surface area contributed by atoms with E-state index in [0.29, 0.717) is 28.8 Å². The van der Waals surface area contributed by atoms with Crippen molar-refractivity contribution < 1.29 is 14.4 Å². The molecule has 1 aromatic heterocycles. The first-order valence-electron chi connectivity index (χ1n) is 5.55. The number of carboxylic acid groups (broad SMARTS) is 1. The van der Waals surface area contributed by atoms with E-state index in [9.17, 15) is 9.90 Å². The summed E-state index contributed by atoms with van der Waals surface area (Å²) in [4.78, 5) is 16.1. The van der Waals surface area contributed by atoms with Gasteiger partial charge in [0.25, 0.3) is 0 Å². The largest absolute Gasteiger partial charge is 0.478 e. The van der Waals surface area contributed by atoms with Gasteiger partial charge in [0.05, 0.1) is 17.8 Å². The fourth-order valence-corrected chi connectivity index (χ4v) is 2.27. The van der Waals surface area contributed by atoms with Crippen LogP contribution in [0, 0.1) is 6.92 Å². The number of thioether (sulfide) groups is 1. The SMILES string of the molecule is CSc1cccc(NCc2noc(C)n2)c1C(=O)O. The van der Waals surface area contributed by atoms with E-state index in [4.69, 9.17) is 4.52 Å². The van der Waals surface area contributed by atoms with Crippen LogP contribution >= 0.6 is 11.8 Å². The van der Waals surface area contributed by atoms with Crippen molar-refractivity contribution >= 4 is 23.4 Å². The summed E-state index contributed by atoms with van der Waals surface area (Å²) in [6.07, 6.45) is 1.84. The third kappa shape index (κ3) is 3.05. The van der Waals surface area contributed by atoms with E-state index in [1.807, 2.05) is 12.3 Å². The first-order chi connectivity index (χ1) is 9.11. The predicted octanol–water partition coefficient (Wildman–Crippen LogP) is 2.41. The Bertz CT molecular complexity index is 598. The zero-order valence-electron chi connectivity index (χ0n) is 10.5. The van der Waals surface area contributed by atoms with Gasteiger partial charge in [0.2, 0.25) is 5.89 Å². The average Bonchev–Trinajstić information content (AvgIpc) is 2.81. The van der Waals surface area contributed by atoms with Gasteiger partial charge in [-0.3, -0.25) is 0 Å². The molecule has 0 saturated heterocycles. The van der Waals surface area contributed by atoms with Crippen LogP contribution in [0.3, 0.4) is 0 Å². The normalized spacial score (nSPS) is 10.4. The lowest BCUT2D eigenvalue weighted by molar-refractivity contribution is 0.0694. The van der Waals surface area contributed by atoms with Crippen LogP contribution in [-0.2, 0) is 6.54 Å². The number of carbonyl (C=O) groups is 1. The van der Waals surface area contributed by atoms with Crippen molar-refractivity contribution in [1.82, 2.24) is 10.1 Å². The minimum Gasteiger partial charge on any atom is -0.478 e. The molecule has 0 radical (unpaired) electrons. The van der Waals surface area contributed by atoms with Crippen LogP contribution in [0.4, 0.5) is 5.69 Å². The van der Waals surface area contributed by atoms with Crippen LogP contribution < -0.4 is 5.32 Å². The van der Waals surface area contributed by atoms with E-state index in [1.54, 1.807) is 19.1 Å². The maximum Gasteiger partial charge on any atom is 0.338 e. The van der Waals surface area contributed by atoms with Gasteiger partial charge in [-0.05, 0) is 18.4 Å². The van der Waals surface area contributed by atoms with E-state index in [1.165, 1.54) is 11.8 Å². The van der Waals surface area contributed by atoms with Gasteiger partial charge in [0, 0.05) is 11.8 Å². The second kappa shape index (κ2) is 5.75. The average molecular weight is 279 g/mol. The zero-order chi connectivity index (χ0) is 13.8. The lowest BCUT2D eigenvalue weighted by Gasteiger charge is -2.10. The highest BCUT2D eigenvalue weighted by Crippen LogP contribution is 2.27. The summed E-state index contributed by atoms with van der Waals surface area (Å²) in [6, 6.07) is 5.30. The molecular formula is C12H13N3O3S. The first-order valence-corrected chi connectivity index (χ1v) is 6.77. The summed E-state index contributed by atoms with van der Waals surface area (Å²) < 4.78 is 4.85. The van der Waals surface area contributed by atoms with Crippen LogP contribution in [0.5, 0.6) is 0 Å². The molecule has 0 bridgehead atoms. The quantitative estimate of drug-likeness (QED) is 0.812. The number of carboxylic acids is 1. The number of benzene rings is 1. The van der Waals surface area contributed by atoms with Crippen molar-refractivity contribution in [2.24, 2.45) is 0 Å². The smallest absolute Gasteiger partial charge is 0.338 e. The van der Waals surface area contributed by atoms with Crippen LogP contribution in [0.15, 0.2) is 27.6 Å². The maximum atomic E-state index is 11.3. The molecule has 19 heavy (non-hydrogen) atoms. The van der Waals surface area contributed by atoms with E-state index in [0.717, 1.165) is 0 Å². The summed E-state index contributed by atoms with van der Waals surface area (Å²) in [7, 11) is 0. The fraction of sp³-hybridized carbons (Fsp3) is 0.250. The van der Waals surface area contributed by atoms with Gasteiger partial charge in [-0.1, -0.05) is 11.2 Å². The number of aromatic nitrogens is 2. The second-order valence-electron chi connectivity index (χ2n) is 3.77. The topological polar surface area (TPSA) is 88.3 Å². The van der Waals surface area contributed by atoms with Crippen molar-refractivity contribution in [2.45, 2.75) is 18.4 Å². The van der Waals surface area contributed by atoms with Crippen molar-refractivity contribution in [1.29, 1.82) is 0 Å². The summed E-state index contributed by atoms with van der Waals surface area (Å²) in [5.74, 6) is 0.00765. The molecule has 100 valence electrons. The Morgan fingerprint density at radius 1 is 1.53 bits per heavy atom. The summed E-state index contributed by atoms with van der Waals surface area (Å²) in [6.45, 7) is 2.02. The van der Waals surface area contributed by atoms with Gasteiger partial charge < -0.3 is 14.9 Å². The monoisotopic (exact) mass is 279 g/mol. The minimum absolute atomic E-state index is 0.259. The number of rotatable bonds is 5. The second-order valence-corrected chi connectivity index (χ2v) is 4.62. The molecule has 1 heterocycles. The first kappa shape index (κ1) is 13.4. The number of nitrogens with one attached hydrogen (secondary N) is 1. The molecule has 6 nitrogen and oxygen atoms in total.